The number of aromatic nitrogens is 2. The van der Waals surface area contributed by atoms with Gasteiger partial charge in [0.2, 0.25) is 5.91 Å². The van der Waals surface area contributed by atoms with Crippen molar-refractivity contribution >= 4 is 16.9 Å². The van der Waals surface area contributed by atoms with Crippen molar-refractivity contribution in [1.29, 1.82) is 0 Å². The van der Waals surface area contributed by atoms with Crippen molar-refractivity contribution in [3.05, 3.63) is 66.0 Å². The average molecular weight is 349 g/mol. The van der Waals surface area contributed by atoms with Crippen LogP contribution in [-0.4, -0.2) is 22.0 Å². The van der Waals surface area contributed by atoms with Crippen LogP contribution in [0.1, 0.15) is 44.6 Å². The third kappa shape index (κ3) is 3.96. The summed E-state index contributed by atoms with van der Waals surface area (Å²) in [6.07, 6.45) is 1.72. The van der Waals surface area contributed by atoms with Crippen LogP contribution in [0.5, 0.6) is 0 Å². The second-order valence-corrected chi connectivity index (χ2v) is 7.02. The molecule has 0 aliphatic rings. The van der Waals surface area contributed by atoms with E-state index in [4.69, 9.17) is 4.98 Å². The minimum absolute atomic E-state index is 0.0256. The quantitative estimate of drug-likeness (QED) is 0.645. The van der Waals surface area contributed by atoms with Gasteiger partial charge in [0.25, 0.3) is 0 Å². The molecular weight excluding hydrogens is 322 g/mol. The molecule has 4 heteroatoms. The van der Waals surface area contributed by atoms with Gasteiger partial charge in [-0.25, -0.2) is 4.98 Å². The zero-order valence-corrected chi connectivity index (χ0v) is 15.8. The Morgan fingerprint density at radius 1 is 1.04 bits per heavy atom. The number of imidazole rings is 1. The molecule has 0 bridgehead atoms. The highest BCUT2D eigenvalue weighted by molar-refractivity contribution is 5.78. The number of nitrogens with one attached hydrogen (secondary N) is 1. The molecule has 1 atom stereocenters. The van der Waals surface area contributed by atoms with E-state index >= 15 is 0 Å². The van der Waals surface area contributed by atoms with Crippen molar-refractivity contribution in [1.82, 2.24) is 14.9 Å². The Bertz CT molecular complexity index is 867. The summed E-state index contributed by atoms with van der Waals surface area (Å²) in [4.78, 5) is 16.6. The summed E-state index contributed by atoms with van der Waals surface area (Å²) in [7, 11) is 0. The first-order chi connectivity index (χ1) is 12.6. The lowest BCUT2D eigenvalue weighted by molar-refractivity contribution is -0.123. The van der Waals surface area contributed by atoms with Crippen LogP contribution in [0, 0.1) is 5.92 Å². The van der Waals surface area contributed by atoms with Gasteiger partial charge in [-0.1, -0.05) is 56.3 Å². The average Bonchev–Trinajstić information content (AvgIpc) is 3.03. The van der Waals surface area contributed by atoms with Gasteiger partial charge in [0.15, 0.2) is 0 Å². The number of carbonyl (C=O) groups excluding carboxylic acids is 1. The van der Waals surface area contributed by atoms with Crippen molar-refractivity contribution < 1.29 is 4.79 Å². The van der Waals surface area contributed by atoms with E-state index in [-0.39, 0.29) is 17.9 Å². The van der Waals surface area contributed by atoms with Gasteiger partial charge in [0.05, 0.1) is 17.1 Å². The number of amides is 1. The Morgan fingerprint density at radius 3 is 2.46 bits per heavy atom. The molecule has 1 heterocycles. The Labute approximate surface area is 155 Å². The molecule has 0 saturated carbocycles. The molecule has 0 radical (unpaired) electrons. The minimum Gasteiger partial charge on any atom is -0.356 e. The molecule has 0 spiro atoms. The smallest absolute Gasteiger partial charge is 0.222 e. The van der Waals surface area contributed by atoms with Crippen LogP contribution in [0.25, 0.3) is 11.0 Å². The van der Waals surface area contributed by atoms with Gasteiger partial charge in [-0.15, -0.1) is 0 Å². The third-order valence-corrected chi connectivity index (χ3v) is 4.74. The van der Waals surface area contributed by atoms with E-state index in [0.29, 0.717) is 6.54 Å². The van der Waals surface area contributed by atoms with Crippen molar-refractivity contribution in [3.8, 4) is 0 Å². The highest BCUT2D eigenvalue weighted by Gasteiger charge is 2.17. The van der Waals surface area contributed by atoms with Gasteiger partial charge in [-0.2, -0.15) is 0 Å². The fourth-order valence-electron chi connectivity index (χ4n) is 3.25. The second kappa shape index (κ2) is 8.17. The lowest BCUT2D eigenvalue weighted by atomic mass is 10.1. The summed E-state index contributed by atoms with van der Waals surface area (Å²) in [5.41, 5.74) is 3.45. The molecule has 26 heavy (non-hydrogen) atoms. The molecule has 3 rings (SSSR count). The van der Waals surface area contributed by atoms with Gasteiger partial charge in [0.1, 0.15) is 5.82 Å². The molecule has 3 aromatic rings. The number of para-hydroxylation sites is 2. The molecule has 0 aliphatic carbocycles. The predicted molar refractivity (Wildman–Crippen MR) is 106 cm³/mol. The first-order valence-electron chi connectivity index (χ1n) is 9.36. The van der Waals surface area contributed by atoms with E-state index < -0.39 is 0 Å². The van der Waals surface area contributed by atoms with Crippen molar-refractivity contribution in [2.75, 3.05) is 6.54 Å². The highest BCUT2D eigenvalue weighted by Crippen LogP contribution is 2.26. The van der Waals surface area contributed by atoms with Crippen LogP contribution in [0.4, 0.5) is 0 Å². The molecule has 0 unspecified atom stereocenters. The van der Waals surface area contributed by atoms with Crippen LogP contribution < -0.4 is 5.32 Å². The molecule has 1 amide bonds. The van der Waals surface area contributed by atoms with E-state index in [1.165, 1.54) is 5.56 Å². The van der Waals surface area contributed by atoms with Crippen LogP contribution >= 0.6 is 0 Å². The summed E-state index contributed by atoms with van der Waals surface area (Å²) in [5.74, 6) is 1.20. The lowest BCUT2D eigenvalue weighted by Crippen LogP contribution is -2.29. The minimum atomic E-state index is 0.0256. The van der Waals surface area contributed by atoms with Crippen LogP contribution in [0.2, 0.25) is 0 Å². The number of aryl methyl sites for hydroxylation is 1. The van der Waals surface area contributed by atoms with E-state index in [9.17, 15) is 4.79 Å². The van der Waals surface area contributed by atoms with E-state index in [1.54, 1.807) is 0 Å². The zero-order valence-electron chi connectivity index (χ0n) is 15.8. The standard InChI is InChI=1S/C22H27N3O/c1-16(2)22(26)23-15-9-14-21-24-19-12-7-8-13-20(19)25(21)17(3)18-10-5-4-6-11-18/h4-8,10-13,16-17H,9,14-15H2,1-3H3,(H,23,26)/t17-/m0/s1. The topological polar surface area (TPSA) is 46.9 Å². The van der Waals surface area contributed by atoms with Crippen LogP contribution in [0.3, 0.4) is 0 Å². The van der Waals surface area contributed by atoms with Gasteiger partial charge in [-0.3, -0.25) is 4.79 Å². The molecule has 0 saturated heterocycles. The Hall–Kier alpha value is -2.62. The maximum Gasteiger partial charge on any atom is 0.222 e. The number of fused-ring (bicyclic) bond motifs is 1. The molecule has 2 aromatic carbocycles. The predicted octanol–water partition coefficient (Wildman–Crippen LogP) is 4.35. The summed E-state index contributed by atoms with van der Waals surface area (Å²) in [5, 5.41) is 2.99. The number of rotatable bonds is 7. The summed E-state index contributed by atoms with van der Waals surface area (Å²) in [6, 6.07) is 19.0. The molecule has 0 fully saturated rings. The summed E-state index contributed by atoms with van der Waals surface area (Å²) in [6.45, 7) is 6.72. The number of carbonyl (C=O) groups is 1. The Morgan fingerprint density at radius 2 is 1.73 bits per heavy atom. The van der Waals surface area contributed by atoms with Crippen molar-refractivity contribution in [3.63, 3.8) is 0 Å². The lowest BCUT2D eigenvalue weighted by Gasteiger charge is -2.18. The molecule has 136 valence electrons. The summed E-state index contributed by atoms with van der Waals surface area (Å²) < 4.78 is 2.33. The molecule has 0 aliphatic heterocycles. The number of hydrogen-bond acceptors (Lipinski definition) is 2. The Kier molecular flexibility index (Phi) is 5.71. The van der Waals surface area contributed by atoms with E-state index in [0.717, 1.165) is 29.7 Å². The second-order valence-electron chi connectivity index (χ2n) is 7.02. The van der Waals surface area contributed by atoms with E-state index in [2.05, 4.69) is 59.3 Å². The first-order valence-corrected chi connectivity index (χ1v) is 9.36. The number of hydrogen-bond donors (Lipinski definition) is 1. The molecule has 4 nitrogen and oxygen atoms in total. The van der Waals surface area contributed by atoms with Gasteiger partial charge >= 0.3 is 0 Å². The van der Waals surface area contributed by atoms with Gasteiger partial charge < -0.3 is 9.88 Å². The normalized spacial score (nSPS) is 12.5. The SMILES string of the molecule is CC(C)C(=O)NCCCc1nc2ccccc2n1[C@@H](C)c1ccccc1. The third-order valence-electron chi connectivity index (χ3n) is 4.74. The van der Waals surface area contributed by atoms with Gasteiger partial charge in [0, 0.05) is 18.9 Å². The fourth-order valence-corrected chi connectivity index (χ4v) is 3.25. The Balaban J connectivity index is 1.82. The highest BCUT2D eigenvalue weighted by atomic mass is 16.1. The zero-order chi connectivity index (χ0) is 18.5. The van der Waals surface area contributed by atoms with Crippen molar-refractivity contribution in [2.45, 2.75) is 39.7 Å². The molecule has 1 aromatic heterocycles. The maximum atomic E-state index is 11.7. The monoisotopic (exact) mass is 349 g/mol. The molecule has 1 N–H and O–H groups in total. The fraction of sp³-hybridized carbons (Fsp3) is 0.364. The maximum absolute atomic E-state index is 11.7. The number of benzene rings is 2. The van der Waals surface area contributed by atoms with Crippen molar-refractivity contribution in [2.24, 2.45) is 5.92 Å². The first kappa shape index (κ1) is 18.2. The van der Waals surface area contributed by atoms with Crippen LogP contribution in [0.15, 0.2) is 54.6 Å². The molecular formula is C22H27N3O. The number of nitrogens with zero attached hydrogens (tertiary/aromatic N) is 2. The summed E-state index contributed by atoms with van der Waals surface area (Å²) >= 11 is 0. The van der Waals surface area contributed by atoms with Crippen LogP contribution in [-0.2, 0) is 11.2 Å². The van der Waals surface area contributed by atoms with Gasteiger partial charge in [-0.05, 0) is 31.0 Å². The largest absolute Gasteiger partial charge is 0.356 e. The van der Waals surface area contributed by atoms with E-state index in [1.807, 2.05) is 26.0 Å².